The van der Waals surface area contributed by atoms with Crippen LogP contribution in [0.1, 0.15) is 105 Å². The van der Waals surface area contributed by atoms with Crippen LogP contribution < -0.4 is 0 Å². The van der Waals surface area contributed by atoms with Crippen LogP contribution in [-0.4, -0.2) is 135 Å². The molecule has 14 nitrogen and oxygen atoms in total. The molecule has 312 valence electrons. The van der Waals surface area contributed by atoms with Gasteiger partial charge in [-0.25, -0.2) is 4.79 Å². The molecule has 4 aliphatic heterocycles. The molecule has 0 bridgehead atoms. The topological polar surface area (TPSA) is 203 Å². The van der Waals surface area contributed by atoms with E-state index < -0.39 is 90.9 Å². The second-order valence-electron chi connectivity index (χ2n) is 18.8. The van der Waals surface area contributed by atoms with Gasteiger partial charge >= 0.3 is 5.97 Å². The summed E-state index contributed by atoms with van der Waals surface area (Å²) < 4.78 is 42.1. The number of hydrogen-bond donors (Lipinski definition) is 6. The normalized spacial score (nSPS) is 55.5. The Morgan fingerprint density at radius 3 is 1.87 bits per heavy atom. The van der Waals surface area contributed by atoms with Crippen LogP contribution in [-0.2, 0) is 38.0 Å². The average Bonchev–Trinajstić information content (AvgIpc) is 3.67. The number of rotatable bonds is 7. The van der Waals surface area contributed by atoms with Crippen LogP contribution in [0, 0.1) is 34.5 Å². The van der Waals surface area contributed by atoms with E-state index in [-0.39, 0.29) is 61.1 Å². The van der Waals surface area contributed by atoms with Gasteiger partial charge in [-0.3, -0.25) is 0 Å². The van der Waals surface area contributed by atoms with E-state index in [9.17, 15) is 35.4 Å². The highest BCUT2D eigenvalue weighted by molar-refractivity contribution is 5.85. The number of esters is 1. The van der Waals surface area contributed by atoms with E-state index in [0.29, 0.717) is 18.8 Å². The highest BCUT2D eigenvalue weighted by atomic mass is 16.7. The maximum atomic E-state index is 12.6. The summed E-state index contributed by atoms with van der Waals surface area (Å²) >= 11 is 0. The van der Waals surface area contributed by atoms with Crippen molar-refractivity contribution in [1.82, 2.24) is 0 Å². The van der Waals surface area contributed by atoms with Crippen molar-refractivity contribution in [1.29, 1.82) is 0 Å². The summed E-state index contributed by atoms with van der Waals surface area (Å²) in [7, 11) is 0. The number of carbonyl (C=O) groups excluding carboxylic acids is 1. The fourth-order valence-electron chi connectivity index (χ4n) is 12.8. The van der Waals surface area contributed by atoms with Crippen molar-refractivity contribution >= 4 is 5.97 Å². The molecule has 4 aliphatic carbocycles. The van der Waals surface area contributed by atoms with Gasteiger partial charge in [0.05, 0.1) is 54.4 Å². The molecule has 14 heteroatoms. The van der Waals surface area contributed by atoms with E-state index in [1.54, 1.807) is 19.9 Å². The van der Waals surface area contributed by atoms with Gasteiger partial charge in [-0.2, -0.15) is 0 Å². The van der Waals surface area contributed by atoms with Crippen molar-refractivity contribution in [3.63, 3.8) is 0 Å². The maximum absolute atomic E-state index is 12.6. The minimum absolute atomic E-state index is 0.0452. The summed E-state index contributed by atoms with van der Waals surface area (Å²) in [6.45, 7) is 9.90. The zero-order valence-electron chi connectivity index (χ0n) is 32.9. The van der Waals surface area contributed by atoms with Crippen LogP contribution >= 0.6 is 0 Å². The van der Waals surface area contributed by atoms with Crippen molar-refractivity contribution in [2.24, 2.45) is 34.5 Å². The van der Waals surface area contributed by atoms with Gasteiger partial charge in [-0.15, -0.1) is 0 Å². The highest BCUT2D eigenvalue weighted by Crippen LogP contribution is 2.70. The number of fused-ring (bicyclic) bond motifs is 5. The lowest BCUT2D eigenvalue weighted by Gasteiger charge is -2.65. The molecule has 7 fully saturated rings. The smallest absolute Gasteiger partial charge is 0.331 e. The number of ether oxygens (including phenoxy) is 7. The van der Waals surface area contributed by atoms with E-state index in [1.807, 2.05) is 13.8 Å². The SMILES string of the molecule is C[C@H]1O[C@H](O[C@@H]2[C@@H](O)C[C@@H](O[C@@H]3[C@@H](O)C[C@H](O[C@H]4CC[C@@]5(C)[C@@H](CC[C@@H]6[C@@H]5C[C@@H](O)[C@]5(C)[C@@H](C7=CC(=O)OC7)CC[C@]65O)C4)O[C@@H]3C)O[C@@H]2C)C[C@H](O)[C@@H]1O. The predicted octanol–water partition coefficient (Wildman–Crippen LogP) is 2.22. The second-order valence-corrected chi connectivity index (χ2v) is 18.8. The van der Waals surface area contributed by atoms with Crippen molar-refractivity contribution in [2.45, 2.75) is 197 Å². The monoisotopic (exact) mass is 780 g/mol. The van der Waals surface area contributed by atoms with Crippen LogP contribution in [0.15, 0.2) is 11.6 Å². The Hall–Kier alpha value is -1.27. The molecule has 21 atom stereocenters. The minimum Gasteiger partial charge on any atom is -0.458 e. The van der Waals surface area contributed by atoms with Gasteiger partial charge < -0.3 is 63.8 Å². The Kier molecular flexibility index (Phi) is 11.1. The molecule has 55 heavy (non-hydrogen) atoms. The first-order valence-corrected chi connectivity index (χ1v) is 20.9. The molecule has 0 spiro atoms. The molecular formula is C41H64O14. The summed E-state index contributed by atoms with van der Waals surface area (Å²) in [5.74, 6) is 0.204. The molecule has 0 aromatic carbocycles. The van der Waals surface area contributed by atoms with Gasteiger partial charge in [0.15, 0.2) is 18.9 Å². The van der Waals surface area contributed by atoms with Gasteiger partial charge in [0.2, 0.25) is 0 Å². The average molecular weight is 781 g/mol. The van der Waals surface area contributed by atoms with Crippen LogP contribution in [0.2, 0.25) is 0 Å². The molecule has 8 rings (SSSR count). The molecule has 3 saturated heterocycles. The molecule has 0 amide bonds. The van der Waals surface area contributed by atoms with Crippen molar-refractivity contribution in [2.75, 3.05) is 6.61 Å². The van der Waals surface area contributed by atoms with Gasteiger partial charge in [-0.05, 0) is 107 Å². The molecule has 8 aliphatic rings. The molecule has 0 unspecified atom stereocenters. The Morgan fingerprint density at radius 1 is 0.691 bits per heavy atom. The quantitative estimate of drug-likeness (QED) is 0.162. The Labute approximate surface area is 323 Å². The van der Waals surface area contributed by atoms with Crippen molar-refractivity contribution < 1.29 is 68.6 Å². The number of aliphatic hydroxyl groups excluding tert-OH is 5. The van der Waals surface area contributed by atoms with Crippen LogP contribution in [0.3, 0.4) is 0 Å². The molecule has 0 aromatic rings. The van der Waals surface area contributed by atoms with Gasteiger partial charge in [-0.1, -0.05) is 13.8 Å². The fourth-order valence-corrected chi connectivity index (χ4v) is 12.8. The largest absolute Gasteiger partial charge is 0.458 e. The highest BCUT2D eigenvalue weighted by Gasteiger charge is 2.71. The third-order valence-electron chi connectivity index (χ3n) is 16.0. The molecular weight excluding hydrogens is 716 g/mol. The zero-order valence-corrected chi connectivity index (χ0v) is 32.9. The van der Waals surface area contributed by atoms with Crippen LogP contribution in [0.25, 0.3) is 0 Å². The maximum Gasteiger partial charge on any atom is 0.331 e. The number of carbonyl (C=O) groups is 1. The molecule has 0 aromatic heterocycles. The first-order chi connectivity index (χ1) is 26.0. The molecule has 0 radical (unpaired) electrons. The molecule has 4 heterocycles. The zero-order chi connectivity index (χ0) is 39.2. The van der Waals surface area contributed by atoms with Crippen molar-refractivity contribution in [3.05, 3.63) is 11.6 Å². The lowest BCUT2D eigenvalue weighted by atomic mass is 9.42. The van der Waals surface area contributed by atoms with E-state index >= 15 is 0 Å². The van der Waals surface area contributed by atoms with E-state index in [1.165, 1.54) is 0 Å². The Balaban J connectivity index is 0.837. The fraction of sp³-hybridized carbons (Fsp3) is 0.927. The second kappa shape index (κ2) is 15.1. The first kappa shape index (κ1) is 40.5. The van der Waals surface area contributed by atoms with Crippen LogP contribution in [0.4, 0.5) is 0 Å². The molecule has 4 saturated carbocycles. The van der Waals surface area contributed by atoms with Gasteiger partial charge in [0.1, 0.15) is 24.9 Å². The van der Waals surface area contributed by atoms with E-state index in [4.69, 9.17) is 33.2 Å². The summed E-state index contributed by atoms with van der Waals surface area (Å²) in [5, 5.41) is 66.9. The number of aliphatic hydroxyl groups is 6. The summed E-state index contributed by atoms with van der Waals surface area (Å²) in [4.78, 5) is 11.9. The van der Waals surface area contributed by atoms with Gasteiger partial charge in [0.25, 0.3) is 0 Å². The lowest BCUT2D eigenvalue weighted by Crippen LogP contribution is -2.67. The summed E-state index contributed by atoms with van der Waals surface area (Å²) in [5.41, 5.74) is -0.892. The third-order valence-corrected chi connectivity index (χ3v) is 16.0. The number of cyclic esters (lactones) is 1. The lowest BCUT2D eigenvalue weighted by molar-refractivity contribution is -0.336. The Bertz CT molecular complexity index is 1410. The van der Waals surface area contributed by atoms with Crippen molar-refractivity contribution in [3.8, 4) is 0 Å². The summed E-state index contributed by atoms with van der Waals surface area (Å²) in [6.07, 6.45) is -1.51. The summed E-state index contributed by atoms with van der Waals surface area (Å²) in [6, 6.07) is 0. The third kappa shape index (κ3) is 6.95. The van der Waals surface area contributed by atoms with Gasteiger partial charge in [0, 0.05) is 30.8 Å². The Morgan fingerprint density at radius 2 is 1.29 bits per heavy atom. The van der Waals surface area contributed by atoms with E-state index in [2.05, 4.69) is 6.92 Å². The standard InChI is InChI=1S/C41H64O14/c1-19-36(47)28(42)15-34(50-19)54-38-21(3)52-35(17-30(38)44)55-37-20(2)51-33(16-29(37)43)53-24-8-10-39(4)23(13-24)6-7-26-27(39)14-31(45)40(5)25(9-11-41(26,40)48)22-12-32(46)49-18-22/h12,19-21,23-31,33-38,42-45,47-48H,6-11,13-18H2,1-5H3/t19-,20-,21-,23+,24+,25-,26-,27+,28+,29+,30+,31-,33+,34-,35-,36-,37+,38+,39+,40+,41+/m1/s1. The van der Waals surface area contributed by atoms with E-state index in [0.717, 1.165) is 44.1 Å². The number of hydrogen-bond acceptors (Lipinski definition) is 14. The molecule has 6 N–H and O–H groups in total. The first-order valence-electron chi connectivity index (χ1n) is 20.9. The minimum atomic E-state index is -1.01. The van der Waals surface area contributed by atoms with Crippen LogP contribution in [0.5, 0.6) is 0 Å². The predicted molar refractivity (Wildman–Crippen MR) is 193 cm³/mol.